The summed E-state index contributed by atoms with van der Waals surface area (Å²) in [6.45, 7) is 0. The summed E-state index contributed by atoms with van der Waals surface area (Å²) in [5, 5.41) is 6.99. The summed E-state index contributed by atoms with van der Waals surface area (Å²) in [5.41, 5.74) is 10.3. The van der Waals surface area contributed by atoms with Crippen molar-refractivity contribution < 1.29 is 4.42 Å². The highest BCUT2D eigenvalue weighted by atomic mass is 32.1. The number of nitrogens with zero attached hydrogens (tertiary/aromatic N) is 4. The second kappa shape index (κ2) is 12.6. The van der Waals surface area contributed by atoms with Crippen molar-refractivity contribution in [2.45, 2.75) is 0 Å². The normalized spacial score (nSPS) is 11.9. The molecular weight excluding hydrogens is 717 g/mol. The Labute approximate surface area is 330 Å². The zero-order chi connectivity index (χ0) is 37.5. The quantitative estimate of drug-likeness (QED) is 0.176. The highest BCUT2D eigenvalue weighted by Gasteiger charge is 2.20. The summed E-state index contributed by atoms with van der Waals surface area (Å²) in [7, 11) is 0. The van der Waals surface area contributed by atoms with Crippen LogP contribution >= 0.6 is 11.3 Å². The lowest BCUT2D eigenvalue weighted by molar-refractivity contribution is 0.669. The largest absolute Gasteiger partial charge is 0.456 e. The Morgan fingerprint density at radius 2 is 0.965 bits per heavy atom. The molecule has 0 aliphatic carbocycles. The minimum absolute atomic E-state index is 0.646. The molecule has 6 heteroatoms. The van der Waals surface area contributed by atoms with Crippen molar-refractivity contribution in [3.63, 3.8) is 0 Å². The third-order valence-corrected chi connectivity index (χ3v) is 12.2. The Morgan fingerprint density at radius 1 is 0.386 bits per heavy atom. The number of hydrogen-bond donors (Lipinski definition) is 0. The van der Waals surface area contributed by atoms with Crippen LogP contribution in [0, 0.1) is 0 Å². The first-order chi connectivity index (χ1) is 28.2. The SMILES string of the molecule is c1ccc(-c2nc(-c3ccccc3)nc(-c3cccc4sc5cccc(-c6ccc7c(c6)oc6ccc(-n8c9ccccc9c9ccccc98)cc67)c5c34)n2)cc1. The maximum Gasteiger partial charge on any atom is 0.164 e. The molecule has 57 heavy (non-hydrogen) atoms. The first kappa shape index (κ1) is 31.9. The molecule has 0 atom stereocenters. The van der Waals surface area contributed by atoms with Gasteiger partial charge in [-0.25, -0.2) is 15.0 Å². The monoisotopic (exact) mass is 746 g/mol. The van der Waals surface area contributed by atoms with E-state index in [-0.39, 0.29) is 0 Å². The maximum atomic E-state index is 6.61. The van der Waals surface area contributed by atoms with Gasteiger partial charge in [0.2, 0.25) is 0 Å². The molecule has 0 aliphatic heterocycles. The summed E-state index contributed by atoms with van der Waals surface area (Å²) in [5.74, 6) is 1.94. The zero-order valence-electron chi connectivity index (χ0n) is 30.4. The van der Waals surface area contributed by atoms with Crippen LogP contribution in [0.5, 0.6) is 0 Å². The van der Waals surface area contributed by atoms with Crippen molar-refractivity contribution in [1.29, 1.82) is 0 Å². The van der Waals surface area contributed by atoms with Crippen LogP contribution in [0.1, 0.15) is 0 Å². The van der Waals surface area contributed by atoms with Gasteiger partial charge in [0.15, 0.2) is 17.5 Å². The molecule has 4 heterocycles. The first-order valence-electron chi connectivity index (χ1n) is 19.0. The summed E-state index contributed by atoms with van der Waals surface area (Å²) in [6.07, 6.45) is 0. The molecule has 0 spiro atoms. The molecule has 8 aromatic carbocycles. The van der Waals surface area contributed by atoms with Crippen molar-refractivity contribution in [3.8, 4) is 51.0 Å². The van der Waals surface area contributed by atoms with E-state index in [1.807, 2.05) is 60.7 Å². The number of furan rings is 1. The van der Waals surface area contributed by atoms with Crippen molar-refractivity contribution >= 4 is 75.3 Å². The van der Waals surface area contributed by atoms with Gasteiger partial charge in [-0.3, -0.25) is 0 Å². The van der Waals surface area contributed by atoms with Gasteiger partial charge in [-0.1, -0.05) is 127 Å². The van der Waals surface area contributed by atoms with Crippen LogP contribution in [0.4, 0.5) is 0 Å². The van der Waals surface area contributed by atoms with Gasteiger partial charge in [-0.2, -0.15) is 0 Å². The number of aromatic nitrogens is 4. The molecule has 5 nitrogen and oxygen atoms in total. The van der Waals surface area contributed by atoms with Crippen molar-refractivity contribution in [1.82, 2.24) is 19.5 Å². The van der Waals surface area contributed by atoms with Gasteiger partial charge in [0.1, 0.15) is 11.2 Å². The molecule has 0 fully saturated rings. The summed E-state index contributed by atoms with van der Waals surface area (Å²) < 4.78 is 11.4. The van der Waals surface area contributed by atoms with E-state index in [0.29, 0.717) is 17.5 Å². The lowest BCUT2D eigenvalue weighted by Gasteiger charge is -2.11. The Balaban J connectivity index is 1.03. The van der Waals surface area contributed by atoms with Crippen LogP contribution in [0.2, 0.25) is 0 Å². The highest BCUT2D eigenvalue weighted by Crippen LogP contribution is 2.45. The van der Waals surface area contributed by atoms with Crippen molar-refractivity contribution in [3.05, 3.63) is 182 Å². The second-order valence-corrected chi connectivity index (χ2v) is 15.4. The van der Waals surface area contributed by atoms with Crippen LogP contribution in [0.15, 0.2) is 186 Å². The molecule has 0 aliphatic rings. The Kier molecular flexibility index (Phi) is 7.03. The number of rotatable bonds is 5. The molecule has 0 saturated heterocycles. The molecular formula is C51H30N4OS. The molecule has 0 amide bonds. The molecule has 12 aromatic rings. The minimum Gasteiger partial charge on any atom is -0.456 e. The predicted molar refractivity (Wildman–Crippen MR) is 236 cm³/mol. The average Bonchev–Trinajstić information content (AvgIpc) is 3.96. The van der Waals surface area contributed by atoms with E-state index in [4.69, 9.17) is 19.4 Å². The number of fused-ring (bicyclic) bond motifs is 9. The third-order valence-electron chi connectivity index (χ3n) is 11.1. The second-order valence-electron chi connectivity index (χ2n) is 14.4. The van der Waals surface area contributed by atoms with E-state index in [1.54, 1.807) is 11.3 Å². The molecule has 266 valence electrons. The summed E-state index contributed by atoms with van der Waals surface area (Å²) in [6, 6.07) is 63.7. The predicted octanol–water partition coefficient (Wildman–Crippen LogP) is 13.9. The van der Waals surface area contributed by atoms with Crippen LogP contribution in [0.3, 0.4) is 0 Å². The average molecular weight is 747 g/mol. The van der Waals surface area contributed by atoms with Crippen LogP contribution in [0.25, 0.3) is 115 Å². The van der Waals surface area contributed by atoms with Gasteiger partial charge >= 0.3 is 0 Å². The zero-order valence-corrected chi connectivity index (χ0v) is 31.2. The van der Waals surface area contributed by atoms with Gasteiger partial charge in [0.05, 0.1) is 11.0 Å². The molecule has 4 aromatic heterocycles. The van der Waals surface area contributed by atoms with Gasteiger partial charge < -0.3 is 8.98 Å². The van der Waals surface area contributed by atoms with E-state index >= 15 is 0 Å². The standard InChI is InChI=1S/C51H30N4OS/c1-3-13-31(14-4-1)49-52-50(32-15-5-2-6-16-32)54-51(53-49)39-20-12-24-46-48(39)47-35(19-11-23-45(47)57-46)33-25-27-38-40-30-34(26-28-43(40)56-44(38)29-33)55-41-21-9-7-17-36(41)37-18-8-10-22-42(37)55/h1-30H. The molecule has 12 rings (SSSR count). The van der Waals surface area contributed by atoms with Gasteiger partial charge in [0, 0.05) is 64.1 Å². The molecule has 0 radical (unpaired) electrons. The highest BCUT2D eigenvalue weighted by molar-refractivity contribution is 7.26. The summed E-state index contributed by atoms with van der Waals surface area (Å²) >= 11 is 1.79. The fraction of sp³-hybridized carbons (Fsp3) is 0. The maximum absolute atomic E-state index is 6.61. The van der Waals surface area contributed by atoms with Crippen molar-refractivity contribution in [2.75, 3.05) is 0 Å². The smallest absolute Gasteiger partial charge is 0.164 e. The Bertz CT molecular complexity index is 3420. The molecule has 0 unspecified atom stereocenters. The van der Waals surface area contributed by atoms with E-state index in [2.05, 4.69) is 126 Å². The fourth-order valence-electron chi connectivity index (χ4n) is 8.50. The fourth-order valence-corrected chi connectivity index (χ4v) is 9.65. The van der Waals surface area contributed by atoms with Gasteiger partial charge in [0.25, 0.3) is 0 Å². The number of para-hydroxylation sites is 2. The van der Waals surface area contributed by atoms with Crippen LogP contribution in [-0.4, -0.2) is 19.5 Å². The van der Waals surface area contributed by atoms with Crippen LogP contribution in [-0.2, 0) is 0 Å². The molecule has 0 bridgehead atoms. The van der Waals surface area contributed by atoms with E-state index < -0.39 is 0 Å². The Morgan fingerprint density at radius 3 is 1.63 bits per heavy atom. The van der Waals surface area contributed by atoms with E-state index in [0.717, 1.165) is 60.8 Å². The number of thiophene rings is 1. The lowest BCUT2D eigenvalue weighted by atomic mass is 9.96. The van der Waals surface area contributed by atoms with Gasteiger partial charge in [-0.05, 0) is 65.7 Å². The first-order valence-corrected chi connectivity index (χ1v) is 19.8. The van der Waals surface area contributed by atoms with E-state index in [9.17, 15) is 0 Å². The molecule has 0 N–H and O–H groups in total. The van der Waals surface area contributed by atoms with Crippen LogP contribution < -0.4 is 0 Å². The summed E-state index contributed by atoms with van der Waals surface area (Å²) in [4.78, 5) is 15.2. The topological polar surface area (TPSA) is 56.7 Å². The lowest BCUT2D eigenvalue weighted by Crippen LogP contribution is -2.00. The third kappa shape index (κ3) is 5.04. The van der Waals surface area contributed by atoms with Gasteiger partial charge in [-0.15, -0.1) is 11.3 Å². The van der Waals surface area contributed by atoms with E-state index in [1.165, 1.54) is 36.6 Å². The number of benzene rings is 8. The number of hydrogen-bond acceptors (Lipinski definition) is 5. The Hall–Kier alpha value is -7.41. The van der Waals surface area contributed by atoms with Crippen molar-refractivity contribution in [2.24, 2.45) is 0 Å². The minimum atomic E-state index is 0.646. The molecule has 0 saturated carbocycles.